The molecule has 2 fully saturated rings. The van der Waals surface area contributed by atoms with Gasteiger partial charge in [0.15, 0.2) is 5.82 Å². The molecule has 2 aromatic heterocycles. The largest absolute Gasteiger partial charge is 0.343 e. The van der Waals surface area contributed by atoms with Gasteiger partial charge in [-0.3, -0.25) is 9.48 Å². The molecular formula is C17H25N7O. The average Bonchev–Trinajstić information content (AvgIpc) is 3.17. The summed E-state index contributed by atoms with van der Waals surface area (Å²) in [5.41, 5.74) is 5.50. The van der Waals surface area contributed by atoms with Crippen LogP contribution in [-0.4, -0.2) is 55.0 Å². The second-order valence-electron chi connectivity index (χ2n) is 6.97. The maximum absolute atomic E-state index is 12.0. The number of rotatable bonds is 6. The van der Waals surface area contributed by atoms with Crippen molar-refractivity contribution in [2.24, 2.45) is 5.73 Å². The highest BCUT2D eigenvalue weighted by Crippen LogP contribution is 2.39. The van der Waals surface area contributed by atoms with E-state index in [1.165, 1.54) is 12.8 Å². The van der Waals surface area contributed by atoms with E-state index in [2.05, 4.69) is 19.9 Å². The second-order valence-corrected chi connectivity index (χ2v) is 6.97. The summed E-state index contributed by atoms with van der Waals surface area (Å²) < 4.78 is 4.23. The van der Waals surface area contributed by atoms with Crippen molar-refractivity contribution in [2.45, 2.75) is 50.6 Å². The zero-order valence-electron chi connectivity index (χ0n) is 14.4. The molecule has 2 aromatic rings. The van der Waals surface area contributed by atoms with Gasteiger partial charge in [0.05, 0.1) is 0 Å². The van der Waals surface area contributed by atoms with Gasteiger partial charge < -0.3 is 15.2 Å². The highest BCUT2D eigenvalue weighted by Gasteiger charge is 2.34. The fourth-order valence-electron chi connectivity index (χ4n) is 3.66. The Bertz CT molecular complexity index is 711. The summed E-state index contributed by atoms with van der Waals surface area (Å²) in [6, 6.07) is 2.46. The molecule has 1 saturated heterocycles. The maximum atomic E-state index is 12.0. The van der Waals surface area contributed by atoms with Crippen LogP contribution in [0.3, 0.4) is 0 Å². The van der Waals surface area contributed by atoms with E-state index in [0.29, 0.717) is 31.5 Å². The Hall–Kier alpha value is -2.22. The first-order valence-corrected chi connectivity index (χ1v) is 9.15. The van der Waals surface area contributed by atoms with E-state index >= 15 is 0 Å². The number of piperidine rings is 1. The van der Waals surface area contributed by atoms with Gasteiger partial charge in [0.1, 0.15) is 12.4 Å². The molecule has 0 atom stereocenters. The lowest BCUT2D eigenvalue weighted by molar-refractivity contribution is -0.132. The number of aromatic nitrogens is 5. The van der Waals surface area contributed by atoms with E-state index in [1.54, 1.807) is 6.20 Å². The van der Waals surface area contributed by atoms with Crippen molar-refractivity contribution < 1.29 is 4.79 Å². The lowest BCUT2D eigenvalue weighted by atomic mass is 9.95. The third kappa shape index (κ3) is 3.44. The van der Waals surface area contributed by atoms with Gasteiger partial charge >= 0.3 is 0 Å². The predicted octanol–water partition coefficient (Wildman–Crippen LogP) is 0.913. The second kappa shape index (κ2) is 6.95. The quantitative estimate of drug-likeness (QED) is 0.841. The Labute approximate surface area is 147 Å². The minimum absolute atomic E-state index is 0.170. The van der Waals surface area contributed by atoms with Crippen molar-refractivity contribution >= 4 is 5.91 Å². The Morgan fingerprint density at radius 2 is 2.00 bits per heavy atom. The van der Waals surface area contributed by atoms with Crippen LogP contribution in [0, 0.1) is 0 Å². The van der Waals surface area contributed by atoms with Gasteiger partial charge in [-0.15, -0.1) is 10.2 Å². The molecule has 8 heteroatoms. The first-order chi connectivity index (χ1) is 12.3. The molecule has 2 N–H and O–H groups in total. The van der Waals surface area contributed by atoms with Crippen LogP contribution in [0.15, 0.2) is 18.5 Å². The summed E-state index contributed by atoms with van der Waals surface area (Å²) in [6.07, 6.45) is 8.47. The normalized spacial score (nSPS) is 18.7. The summed E-state index contributed by atoms with van der Waals surface area (Å²) in [6.45, 7) is 2.65. The summed E-state index contributed by atoms with van der Waals surface area (Å²) in [7, 11) is 0. The minimum atomic E-state index is 0.170. The van der Waals surface area contributed by atoms with E-state index in [4.69, 9.17) is 5.73 Å². The number of carbonyl (C=O) groups excluding carboxylic acids is 1. The third-order valence-corrected chi connectivity index (χ3v) is 5.14. The molecule has 0 spiro atoms. The summed E-state index contributed by atoms with van der Waals surface area (Å²) in [5.74, 6) is 2.63. The molecule has 3 heterocycles. The van der Waals surface area contributed by atoms with Crippen LogP contribution < -0.4 is 5.73 Å². The van der Waals surface area contributed by atoms with Crippen molar-refractivity contribution in [1.82, 2.24) is 29.4 Å². The first kappa shape index (κ1) is 16.3. The zero-order valence-corrected chi connectivity index (χ0v) is 14.4. The SMILES string of the molecule is NCCC(=O)N1CCC(c2nnc(Cn3cccn3)n2C2CC2)CC1. The van der Waals surface area contributed by atoms with Crippen LogP contribution in [0.25, 0.3) is 0 Å². The number of nitrogens with zero attached hydrogens (tertiary/aromatic N) is 6. The number of hydrogen-bond acceptors (Lipinski definition) is 5. The molecule has 1 saturated carbocycles. The molecule has 8 nitrogen and oxygen atoms in total. The summed E-state index contributed by atoms with van der Waals surface area (Å²) >= 11 is 0. The van der Waals surface area contributed by atoms with Gasteiger partial charge in [0, 0.05) is 50.4 Å². The minimum Gasteiger partial charge on any atom is -0.343 e. The predicted molar refractivity (Wildman–Crippen MR) is 91.8 cm³/mol. The van der Waals surface area contributed by atoms with Crippen LogP contribution in [0.2, 0.25) is 0 Å². The molecule has 0 unspecified atom stereocenters. The van der Waals surface area contributed by atoms with Crippen molar-refractivity contribution in [3.63, 3.8) is 0 Å². The van der Waals surface area contributed by atoms with E-state index in [1.807, 2.05) is 21.8 Å². The maximum Gasteiger partial charge on any atom is 0.223 e. The summed E-state index contributed by atoms with van der Waals surface area (Å²) in [5, 5.41) is 13.3. The lowest BCUT2D eigenvalue weighted by Crippen LogP contribution is -2.39. The Balaban J connectivity index is 1.48. The Kier molecular flexibility index (Phi) is 4.52. The zero-order chi connectivity index (χ0) is 17.2. The number of hydrogen-bond donors (Lipinski definition) is 1. The lowest BCUT2D eigenvalue weighted by Gasteiger charge is -2.31. The third-order valence-electron chi connectivity index (χ3n) is 5.14. The van der Waals surface area contributed by atoms with Crippen LogP contribution in [0.5, 0.6) is 0 Å². The van der Waals surface area contributed by atoms with E-state index in [9.17, 15) is 4.79 Å². The molecular weight excluding hydrogens is 318 g/mol. The van der Waals surface area contributed by atoms with Gasteiger partial charge in [0.2, 0.25) is 5.91 Å². The van der Waals surface area contributed by atoms with Crippen LogP contribution in [0.1, 0.15) is 55.7 Å². The molecule has 0 bridgehead atoms. The molecule has 1 aliphatic carbocycles. The molecule has 0 radical (unpaired) electrons. The molecule has 1 amide bonds. The fraction of sp³-hybridized carbons (Fsp3) is 0.647. The van der Waals surface area contributed by atoms with E-state index in [0.717, 1.165) is 37.6 Å². The van der Waals surface area contributed by atoms with Crippen LogP contribution in [0.4, 0.5) is 0 Å². The Morgan fingerprint density at radius 1 is 1.20 bits per heavy atom. The standard InChI is InChI=1S/C17H25N7O/c18-7-4-16(25)22-10-5-13(6-11-22)17-21-20-15(24(17)14-2-3-14)12-23-9-1-8-19-23/h1,8-9,13-14H,2-7,10-12,18H2. The molecule has 0 aromatic carbocycles. The first-order valence-electron chi connectivity index (χ1n) is 9.15. The fourth-order valence-corrected chi connectivity index (χ4v) is 3.66. The van der Waals surface area contributed by atoms with E-state index in [-0.39, 0.29) is 5.91 Å². The molecule has 1 aliphatic heterocycles. The molecule has 4 rings (SSSR count). The highest BCUT2D eigenvalue weighted by molar-refractivity contribution is 5.76. The number of likely N-dealkylation sites (tertiary alicyclic amines) is 1. The van der Waals surface area contributed by atoms with Crippen LogP contribution in [-0.2, 0) is 11.3 Å². The molecule has 134 valence electrons. The average molecular weight is 343 g/mol. The van der Waals surface area contributed by atoms with Gasteiger partial charge in [-0.2, -0.15) is 5.10 Å². The van der Waals surface area contributed by atoms with Gasteiger partial charge in [-0.25, -0.2) is 0 Å². The Morgan fingerprint density at radius 3 is 2.64 bits per heavy atom. The molecule has 25 heavy (non-hydrogen) atoms. The van der Waals surface area contributed by atoms with Crippen molar-refractivity contribution in [3.05, 3.63) is 30.1 Å². The number of nitrogens with two attached hydrogens (primary N) is 1. The van der Waals surface area contributed by atoms with Crippen LogP contribution >= 0.6 is 0 Å². The topological polar surface area (TPSA) is 94.9 Å². The molecule has 2 aliphatic rings. The van der Waals surface area contributed by atoms with Gasteiger partial charge in [0.25, 0.3) is 0 Å². The van der Waals surface area contributed by atoms with E-state index < -0.39 is 0 Å². The van der Waals surface area contributed by atoms with Crippen molar-refractivity contribution in [1.29, 1.82) is 0 Å². The monoisotopic (exact) mass is 343 g/mol. The van der Waals surface area contributed by atoms with Crippen molar-refractivity contribution in [3.8, 4) is 0 Å². The summed E-state index contributed by atoms with van der Waals surface area (Å²) in [4.78, 5) is 13.9. The van der Waals surface area contributed by atoms with Crippen molar-refractivity contribution in [2.75, 3.05) is 19.6 Å². The highest BCUT2D eigenvalue weighted by atomic mass is 16.2. The van der Waals surface area contributed by atoms with Gasteiger partial charge in [-0.1, -0.05) is 0 Å². The number of amides is 1. The number of carbonyl (C=O) groups is 1. The smallest absolute Gasteiger partial charge is 0.223 e. The van der Waals surface area contributed by atoms with Gasteiger partial charge in [-0.05, 0) is 31.7 Å².